The van der Waals surface area contributed by atoms with Crippen LogP contribution in [0.3, 0.4) is 0 Å². The molecule has 2 N–H and O–H groups in total. The fraction of sp³-hybridized carbons (Fsp3) is 0.444. The van der Waals surface area contributed by atoms with Gasteiger partial charge in [0, 0.05) is 18.7 Å². The van der Waals surface area contributed by atoms with E-state index in [1.165, 1.54) is 0 Å². The van der Waals surface area contributed by atoms with Gasteiger partial charge in [0.1, 0.15) is 5.76 Å². The molecule has 4 heteroatoms. The van der Waals surface area contributed by atoms with Crippen LogP contribution >= 0.6 is 0 Å². The Bertz CT molecular complexity index is 318. The molecule has 0 fully saturated rings. The average molecular weight is 180 g/mol. The maximum atomic E-state index is 5.68. The van der Waals surface area contributed by atoms with Gasteiger partial charge in [0.25, 0.3) is 0 Å². The number of fused-ring (bicyclic) bond motifs is 1. The predicted molar refractivity (Wildman–Crippen MR) is 49.1 cm³/mol. The van der Waals surface area contributed by atoms with E-state index in [1.54, 1.807) is 13.2 Å². The third-order valence-electron chi connectivity index (χ3n) is 2.13. The summed E-state index contributed by atoms with van der Waals surface area (Å²) >= 11 is 0. The number of nitrogens with two attached hydrogens (primary N) is 1. The number of rotatable bonds is 1. The lowest BCUT2D eigenvalue weighted by Crippen LogP contribution is -2.27. The highest BCUT2D eigenvalue weighted by atomic mass is 16.5. The molecule has 0 aromatic carbocycles. The third kappa shape index (κ3) is 1.28. The van der Waals surface area contributed by atoms with Crippen LogP contribution in [-0.4, -0.2) is 25.2 Å². The van der Waals surface area contributed by atoms with Gasteiger partial charge >= 0.3 is 0 Å². The molecule has 0 spiro atoms. The van der Waals surface area contributed by atoms with Gasteiger partial charge in [-0.15, -0.1) is 0 Å². The molecule has 4 nitrogen and oxygen atoms in total. The van der Waals surface area contributed by atoms with E-state index in [0.717, 1.165) is 5.76 Å². The van der Waals surface area contributed by atoms with Crippen LogP contribution in [-0.2, 0) is 9.47 Å². The smallest absolute Gasteiger partial charge is 0.181 e. The van der Waals surface area contributed by atoms with Crippen LogP contribution in [0.4, 0.5) is 0 Å². The molecule has 1 heterocycles. The summed E-state index contributed by atoms with van der Waals surface area (Å²) in [6.45, 7) is 1.83. The Morgan fingerprint density at radius 2 is 2.38 bits per heavy atom. The van der Waals surface area contributed by atoms with Crippen molar-refractivity contribution in [3.63, 3.8) is 0 Å². The largest absolute Gasteiger partial charge is 0.499 e. The third-order valence-corrected chi connectivity index (χ3v) is 2.13. The van der Waals surface area contributed by atoms with E-state index >= 15 is 0 Å². The Hall–Kier alpha value is -1.45. The van der Waals surface area contributed by atoms with Gasteiger partial charge < -0.3 is 15.2 Å². The second-order valence-corrected chi connectivity index (χ2v) is 3.09. The van der Waals surface area contributed by atoms with Crippen LogP contribution < -0.4 is 5.73 Å². The highest BCUT2D eigenvalue weighted by molar-refractivity contribution is 5.76. The molecule has 70 valence electrons. The minimum Gasteiger partial charge on any atom is -0.499 e. The van der Waals surface area contributed by atoms with Crippen LogP contribution in [0.2, 0.25) is 0 Å². The van der Waals surface area contributed by atoms with Gasteiger partial charge in [0.15, 0.2) is 18.0 Å². The molecule has 1 aliphatic carbocycles. The summed E-state index contributed by atoms with van der Waals surface area (Å²) in [5.41, 5.74) is 6.35. The van der Waals surface area contributed by atoms with Crippen molar-refractivity contribution in [2.24, 2.45) is 10.7 Å². The highest BCUT2D eigenvalue weighted by Gasteiger charge is 2.34. The van der Waals surface area contributed by atoms with Crippen molar-refractivity contribution >= 4 is 5.90 Å². The Balaban J connectivity index is 2.31. The van der Waals surface area contributed by atoms with Gasteiger partial charge in [0.2, 0.25) is 0 Å². The van der Waals surface area contributed by atoms with Crippen molar-refractivity contribution in [1.82, 2.24) is 0 Å². The summed E-state index contributed by atoms with van der Waals surface area (Å²) in [6.07, 6.45) is 3.56. The number of ether oxygens (including phenoxy) is 2. The summed E-state index contributed by atoms with van der Waals surface area (Å²) in [5, 5.41) is 0. The van der Waals surface area contributed by atoms with Crippen molar-refractivity contribution in [1.29, 1.82) is 0 Å². The zero-order valence-corrected chi connectivity index (χ0v) is 7.65. The quantitative estimate of drug-likeness (QED) is 0.641. The molecule has 0 saturated carbocycles. The van der Waals surface area contributed by atoms with Gasteiger partial charge in [-0.1, -0.05) is 0 Å². The Morgan fingerprint density at radius 1 is 1.62 bits per heavy atom. The fourth-order valence-electron chi connectivity index (χ4n) is 1.58. The van der Waals surface area contributed by atoms with Gasteiger partial charge in [-0.05, 0) is 6.08 Å². The molecule has 0 bridgehead atoms. The molecule has 0 aromatic heterocycles. The second-order valence-electron chi connectivity index (χ2n) is 3.09. The number of allylic oxidation sites excluding steroid dienone is 1. The van der Waals surface area contributed by atoms with Gasteiger partial charge in [-0.2, -0.15) is 0 Å². The first-order valence-corrected chi connectivity index (χ1v) is 4.14. The zero-order valence-electron chi connectivity index (χ0n) is 7.65. The second kappa shape index (κ2) is 2.80. The van der Waals surface area contributed by atoms with E-state index in [4.69, 9.17) is 15.2 Å². The minimum atomic E-state index is -0.0834. The highest BCUT2D eigenvalue weighted by Crippen LogP contribution is 2.26. The van der Waals surface area contributed by atoms with Crippen molar-refractivity contribution in [2.45, 2.75) is 19.1 Å². The summed E-state index contributed by atoms with van der Waals surface area (Å²) in [4.78, 5) is 4.30. The number of methoxy groups -OCH3 is 1. The van der Waals surface area contributed by atoms with Crippen LogP contribution in [0.1, 0.15) is 6.92 Å². The number of hydrogen-bond donors (Lipinski definition) is 1. The van der Waals surface area contributed by atoms with Gasteiger partial charge in [-0.3, -0.25) is 0 Å². The molecule has 2 unspecified atom stereocenters. The molecule has 0 radical (unpaired) electrons. The summed E-state index contributed by atoms with van der Waals surface area (Å²) in [7, 11) is 1.62. The topological polar surface area (TPSA) is 56.8 Å². The maximum Gasteiger partial charge on any atom is 0.181 e. The summed E-state index contributed by atoms with van der Waals surface area (Å²) in [6, 6.07) is -0.0442. The Labute approximate surface area is 76.7 Å². The lowest BCUT2D eigenvalue weighted by Gasteiger charge is -2.20. The zero-order chi connectivity index (χ0) is 9.42. The Kier molecular flexibility index (Phi) is 1.76. The molecular weight excluding hydrogens is 168 g/mol. The summed E-state index contributed by atoms with van der Waals surface area (Å²) in [5.74, 6) is 1.45. The average Bonchev–Trinajstić information content (AvgIpc) is 2.43. The molecule has 13 heavy (non-hydrogen) atoms. The first-order chi connectivity index (χ1) is 6.20. The monoisotopic (exact) mass is 180 g/mol. The van der Waals surface area contributed by atoms with E-state index in [9.17, 15) is 0 Å². The van der Waals surface area contributed by atoms with Crippen molar-refractivity contribution in [3.05, 3.63) is 23.6 Å². The molecule has 0 amide bonds. The van der Waals surface area contributed by atoms with Crippen molar-refractivity contribution < 1.29 is 9.47 Å². The van der Waals surface area contributed by atoms with Crippen molar-refractivity contribution in [3.8, 4) is 0 Å². The Morgan fingerprint density at radius 3 is 3.08 bits per heavy atom. The van der Waals surface area contributed by atoms with E-state index in [-0.39, 0.29) is 12.1 Å². The maximum absolute atomic E-state index is 5.68. The number of nitrogens with zero attached hydrogens (tertiary/aromatic N) is 1. The first-order valence-electron chi connectivity index (χ1n) is 4.14. The van der Waals surface area contributed by atoms with Gasteiger partial charge in [-0.25, -0.2) is 4.99 Å². The normalized spacial score (nSPS) is 31.1. The van der Waals surface area contributed by atoms with Crippen LogP contribution in [0.5, 0.6) is 0 Å². The lowest BCUT2D eigenvalue weighted by atomic mass is 10.0. The van der Waals surface area contributed by atoms with Crippen LogP contribution in [0.25, 0.3) is 0 Å². The summed E-state index contributed by atoms with van der Waals surface area (Å²) < 4.78 is 10.6. The van der Waals surface area contributed by atoms with E-state index in [1.807, 2.05) is 13.0 Å². The van der Waals surface area contributed by atoms with E-state index < -0.39 is 0 Å². The lowest BCUT2D eigenvalue weighted by molar-refractivity contribution is 0.195. The van der Waals surface area contributed by atoms with E-state index in [0.29, 0.717) is 11.6 Å². The minimum absolute atomic E-state index is 0.0442. The molecular formula is C9H12N2O2. The molecule has 2 rings (SSSR count). The molecule has 1 aliphatic heterocycles. The first kappa shape index (κ1) is 8.16. The molecule has 2 aliphatic rings. The predicted octanol–water partition coefficient (Wildman–Crippen LogP) is 0.559. The van der Waals surface area contributed by atoms with Gasteiger partial charge in [0.05, 0.1) is 7.11 Å². The van der Waals surface area contributed by atoms with Crippen LogP contribution in [0, 0.1) is 0 Å². The van der Waals surface area contributed by atoms with Crippen LogP contribution in [0.15, 0.2) is 28.6 Å². The SMILES string of the molecule is COC1=CC(N)=CC2OC(C)=NC12. The number of aliphatic imine (C=N–C) groups is 1. The van der Waals surface area contributed by atoms with Crippen molar-refractivity contribution in [2.75, 3.05) is 7.11 Å². The molecule has 0 aromatic rings. The standard InChI is InChI=1S/C9H12N2O2/c1-5-11-9-7(12-2)3-6(10)4-8(9)13-5/h3-4,8-9H,10H2,1-2H3. The van der Waals surface area contributed by atoms with E-state index in [2.05, 4.69) is 4.99 Å². The number of hydrogen-bond acceptors (Lipinski definition) is 4. The fourth-order valence-corrected chi connectivity index (χ4v) is 1.58. The molecule has 0 saturated heterocycles. The molecule has 2 atom stereocenters.